The summed E-state index contributed by atoms with van der Waals surface area (Å²) >= 11 is 13.2. The van der Waals surface area contributed by atoms with Gasteiger partial charge in [0.25, 0.3) is 5.69 Å². The first-order valence-electron chi connectivity index (χ1n) is 4.93. The van der Waals surface area contributed by atoms with Gasteiger partial charge in [-0.05, 0) is 30.3 Å². The number of halogens is 2. The lowest BCUT2D eigenvalue weighted by Crippen LogP contribution is -1.87. The van der Waals surface area contributed by atoms with Crippen molar-refractivity contribution >= 4 is 40.7 Å². The number of non-ortho nitro benzene ring substituents is 1. The van der Waals surface area contributed by atoms with Crippen LogP contribution in [0.4, 0.5) is 5.69 Å². The number of hydrogen-bond acceptors (Lipinski definition) is 3. The fraction of sp³-hybridized carbons (Fsp3) is 0. The molecule has 0 unspecified atom stereocenters. The lowest BCUT2D eigenvalue weighted by atomic mass is 10.3. The van der Waals surface area contributed by atoms with E-state index in [1.807, 2.05) is 12.1 Å². The summed E-state index contributed by atoms with van der Waals surface area (Å²) in [6.07, 6.45) is 0. The van der Waals surface area contributed by atoms with E-state index in [1.165, 1.54) is 23.9 Å². The van der Waals surface area contributed by atoms with E-state index in [9.17, 15) is 10.1 Å². The highest BCUT2D eigenvalue weighted by atomic mass is 35.5. The molecule has 0 atom stereocenters. The summed E-state index contributed by atoms with van der Waals surface area (Å²) in [5.41, 5.74) is -0.0135. The third-order valence-corrected chi connectivity index (χ3v) is 3.93. The summed E-state index contributed by atoms with van der Waals surface area (Å²) in [6.45, 7) is 0. The third kappa shape index (κ3) is 3.16. The second-order valence-electron chi connectivity index (χ2n) is 3.43. The van der Waals surface area contributed by atoms with Gasteiger partial charge in [0.05, 0.1) is 9.95 Å². The molecule has 2 aromatic carbocycles. The normalized spacial score (nSPS) is 10.3. The molecular weight excluding hydrogens is 293 g/mol. The predicted octanol–water partition coefficient (Wildman–Crippen LogP) is 5.05. The Bertz CT molecular complexity index is 587. The highest BCUT2D eigenvalue weighted by Crippen LogP contribution is 2.35. The van der Waals surface area contributed by atoms with Crippen molar-refractivity contribution < 1.29 is 4.92 Å². The molecule has 0 spiro atoms. The molecule has 0 fully saturated rings. The van der Waals surface area contributed by atoms with Crippen molar-refractivity contribution in [1.29, 1.82) is 0 Å². The molecule has 2 rings (SSSR count). The van der Waals surface area contributed by atoms with Crippen LogP contribution in [0.15, 0.2) is 52.3 Å². The largest absolute Gasteiger partial charge is 0.270 e. The van der Waals surface area contributed by atoms with Crippen LogP contribution in [0.25, 0.3) is 0 Å². The molecule has 0 amide bonds. The zero-order chi connectivity index (χ0) is 13.1. The van der Waals surface area contributed by atoms with Crippen LogP contribution in [0.1, 0.15) is 0 Å². The summed E-state index contributed by atoms with van der Waals surface area (Å²) in [5.74, 6) is 0. The first-order chi connectivity index (χ1) is 8.56. The Morgan fingerprint density at radius 1 is 1.06 bits per heavy atom. The minimum absolute atomic E-state index is 0.0135. The quantitative estimate of drug-likeness (QED) is 0.588. The van der Waals surface area contributed by atoms with E-state index >= 15 is 0 Å². The third-order valence-electron chi connectivity index (χ3n) is 2.17. The molecule has 92 valence electrons. The van der Waals surface area contributed by atoms with E-state index in [2.05, 4.69) is 0 Å². The van der Waals surface area contributed by atoms with Gasteiger partial charge >= 0.3 is 0 Å². The van der Waals surface area contributed by atoms with E-state index in [4.69, 9.17) is 23.2 Å². The minimum Gasteiger partial charge on any atom is -0.258 e. The van der Waals surface area contributed by atoms with Gasteiger partial charge in [0.15, 0.2) is 0 Å². The molecule has 0 heterocycles. The molecule has 2 aromatic rings. The van der Waals surface area contributed by atoms with Gasteiger partial charge in [0, 0.05) is 26.9 Å². The van der Waals surface area contributed by atoms with Crippen LogP contribution in [0, 0.1) is 10.1 Å². The number of nitro benzene ring substituents is 1. The van der Waals surface area contributed by atoms with Crippen molar-refractivity contribution in [2.75, 3.05) is 0 Å². The standard InChI is InChI=1S/C12H7Cl2NO2S/c13-8-1-4-10(5-2-8)18-12-6-3-9(15(16)17)7-11(12)14/h1-7H. The lowest BCUT2D eigenvalue weighted by molar-refractivity contribution is -0.384. The number of rotatable bonds is 3. The topological polar surface area (TPSA) is 43.1 Å². The van der Waals surface area contributed by atoms with E-state index < -0.39 is 4.92 Å². The maximum Gasteiger partial charge on any atom is 0.270 e. The summed E-state index contributed by atoms with van der Waals surface area (Å²) in [7, 11) is 0. The summed E-state index contributed by atoms with van der Waals surface area (Å²) in [5, 5.41) is 11.6. The molecule has 0 aliphatic carbocycles. The number of hydrogen-bond donors (Lipinski definition) is 0. The lowest BCUT2D eigenvalue weighted by Gasteiger charge is -2.04. The summed E-state index contributed by atoms with van der Waals surface area (Å²) < 4.78 is 0. The van der Waals surface area contributed by atoms with E-state index in [-0.39, 0.29) is 5.69 Å². The van der Waals surface area contributed by atoms with Gasteiger partial charge in [0.2, 0.25) is 0 Å². The Morgan fingerprint density at radius 3 is 2.28 bits per heavy atom. The molecule has 0 radical (unpaired) electrons. The molecule has 0 aromatic heterocycles. The Hall–Kier alpha value is -1.23. The van der Waals surface area contributed by atoms with Crippen LogP contribution < -0.4 is 0 Å². The Morgan fingerprint density at radius 2 is 1.72 bits per heavy atom. The van der Waals surface area contributed by atoms with Crippen LogP contribution in [-0.2, 0) is 0 Å². The molecular formula is C12H7Cl2NO2S. The molecule has 6 heteroatoms. The maximum atomic E-state index is 10.6. The molecule has 0 saturated heterocycles. The zero-order valence-electron chi connectivity index (χ0n) is 8.97. The maximum absolute atomic E-state index is 10.6. The van der Waals surface area contributed by atoms with Crippen LogP contribution >= 0.6 is 35.0 Å². The Labute approximate surface area is 118 Å². The zero-order valence-corrected chi connectivity index (χ0v) is 11.3. The monoisotopic (exact) mass is 299 g/mol. The van der Waals surface area contributed by atoms with Crippen LogP contribution in [-0.4, -0.2) is 4.92 Å². The SMILES string of the molecule is O=[N+]([O-])c1ccc(Sc2ccc(Cl)cc2)c(Cl)c1. The Kier molecular flexibility index (Phi) is 4.11. The molecule has 0 aliphatic heterocycles. The molecule has 0 aliphatic rings. The van der Waals surface area contributed by atoms with E-state index in [0.717, 1.165) is 9.79 Å². The Balaban J connectivity index is 2.24. The van der Waals surface area contributed by atoms with Gasteiger partial charge < -0.3 is 0 Å². The average molecular weight is 300 g/mol. The second kappa shape index (κ2) is 5.61. The van der Waals surface area contributed by atoms with Crippen molar-refractivity contribution in [1.82, 2.24) is 0 Å². The van der Waals surface area contributed by atoms with Crippen LogP contribution in [0.2, 0.25) is 10.0 Å². The van der Waals surface area contributed by atoms with Crippen molar-refractivity contribution in [3.63, 3.8) is 0 Å². The number of nitro groups is 1. The van der Waals surface area contributed by atoms with Crippen LogP contribution in [0.3, 0.4) is 0 Å². The average Bonchev–Trinajstić information content (AvgIpc) is 2.34. The van der Waals surface area contributed by atoms with Crippen LogP contribution in [0.5, 0.6) is 0 Å². The van der Waals surface area contributed by atoms with Crippen molar-refractivity contribution in [3.8, 4) is 0 Å². The summed E-state index contributed by atoms with van der Waals surface area (Å²) in [6, 6.07) is 11.7. The molecule has 3 nitrogen and oxygen atoms in total. The van der Waals surface area contributed by atoms with Crippen molar-refractivity contribution in [2.45, 2.75) is 9.79 Å². The number of nitrogens with zero attached hydrogens (tertiary/aromatic N) is 1. The highest BCUT2D eigenvalue weighted by Gasteiger charge is 2.10. The van der Waals surface area contributed by atoms with E-state index in [1.54, 1.807) is 18.2 Å². The smallest absolute Gasteiger partial charge is 0.258 e. The van der Waals surface area contributed by atoms with Gasteiger partial charge in [-0.15, -0.1) is 0 Å². The first-order valence-corrected chi connectivity index (χ1v) is 6.51. The molecule has 18 heavy (non-hydrogen) atoms. The van der Waals surface area contributed by atoms with Crippen molar-refractivity contribution in [2.24, 2.45) is 0 Å². The summed E-state index contributed by atoms with van der Waals surface area (Å²) in [4.78, 5) is 11.9. The highest BCUT2D eigenvalue weighted by molar-refractivity contribution is 7.99. The molecule has 0 N–H and O–H groups in total. The fourth-order valence-corrected chi connectivity index (χ4v) is 2.55. The van der Waals surface area contributed by atoms with Crippen molar-refractivity contribution in [3.05, 3.63) is 62.6 Å². The van der Waals surface area contributed by atoms with Gasteiger partial charge in [-0.1, -0.05) is 35.0 Å². The second-order valence-corrected chi connectivity index (χ2v) is 5.39. The molecule has 0 saturated carbocycles. The fourth-order valence-electron chi connectivity index (χ4n) is 1.32. The van der Waals surface area contributed by atoms with Gasteiger partial charge in [-0.2, -0.15) is 0 Å². The minimum atomic E-state index is -0.470. The van der Waals surface area contributed by atoms with Gasteiger partial charge in [0.1, 0.15) is 0 Å². The van der Waals surface area contributed by atoms with E-state index in [0.29, 0.717) is 10.0 Å². The van der Waals surface area contributed by atoms with Gasteiger partial charge in [-0.25, -0.2) is 0 Å². The molecule has 0 bridgehead atoms. The van der Waals surface area contributed by atoms with Gasteiger partial charge in [-0.3, -0.25) is 10.1 Å². The first kappa shape index (κ1) is 13.2. The number of benzene rings is 2. The predicted molar refractivity (Wildman–Crippen MR) is 73.7 cm³/mol.